The first-order chi connectivity index (χ1) is 6.61. The summed E-state index contributed by atoms with van der Waals surface area (Å²) in [5, 5.41) is 13.7. The molecule has 1 rings (SSSR count). The van der Waals surface area contributed by atoms with Crippen LogP contribution in [0.1, 0.15) is 5.82 Å². The molecule has 0 saturated heterocycles. The number of aromatic nitrogens is 4. The van der Waals surface area contributed by atoms with Crippen LogP contribution in [-0.4, -0.2) is 51.8 Å². The topological polar surface area (TPSA) is 75.9 Å². The maximum atomic E-state index is 11.1. The Hall–Kier alpha value is -1.66. The van der Waals surface area contributed by atoms with Gasteiger partial charge in [0.05, 0.1) is 0 Å². The van der Waals surface area contributed by atoms with Gasteiger partial charge in [-0.1, -0.05) is 0 Å². The predicted octanol–water partition coefficient (Wildman–Crippen LogP) is -0.976. The van der Waals surface area contributed by atoms with E-state index in [0.29, 0.717) is 13.0 Å². The Morgan fingerprint density at radius 3 is 2.79 bits per heavy atom. The Bertz CT molecular complexity index is 307. The van der Waals surface area contributed by atoms with Crippen LogP contribution in [0.25, 0.3) is 0 Å². The van der Waals surface area contributed by atoms with Crippen LogP contribution in [0.5, 0.6) is 0 Å². The first-order valence-corrected chi connectivity index (χ1v) is 4.27. The summed E-state index contributed by atoms with van der Waals surface area (Å²) >= 11 is 0. The molecule has 0 fully saturated rings. The standard InChI is InChI=1S/C7H14N6O/c1-12(2)7(14)8-5-4-6-9-10-11-13(6)3/h4-5H2,1-3H3,(H,8,14). The van der Waals surface area contributed by atoms with Crippen LogP contribution < -0.4 is 5.32 Å². The molecular weight excluding hydrogens is 184 g/mol. The van der Waals surface area contributed by atoms with Crippen LogP contribution in [0.15, 0.2) is 0 Å². The van der Waals surface area contributed by atoms with Gasteiger partial charge in [-0.25, -0.2) is 9.48 Å². The van der Waals surface area contributed by atoms with Crippen LogP contribution in [0.4, 0.5) is 4.79 Å². The number of carbonyl (C=O) groups excluding carboxylic acids is 1. The second-order valence-corrected chi connectivity index (χ2v) is 3.10. The van der Waals surface area contributed by atoms with Gasteiger partial charge in [0.15, 0.2) is 5.82 Å². The van der Waals surface area contributed by atoms with Gasteiger partial charge < -0.3 is 10.2 Å². The summed E-state index contributed by atoms with van der Waals surface area (Å²) in [7, 11) is 5.15. The quantitative estimate of drug-likeness (QED) is 0.677. The maximum Gasteiger partial charge on any atom is 0.316 e. The van der Waals surface area contributed by atoms with Crippen LogP contribution in [0.2, 0.25) is 0 Å². The van der Waals surface area contributed by atoms with Gasteiger partial charge in [-0.05, 0) is 10.4 Å². The van der Waals surface area contributed by atoms with E-state index in [1.807, 2.05) is 0 Å². The van der Waals surface area contributed by atoms with Gasteiger partial charge in [0.1, 0.15) is 0 Å². The molecule has 0 saturated carbocycles. The van der Waals surface area contributed by atoms with E-state index in [4.69, 9.17) is 0 Å². The molecule has 2 amide bonds. The van der Waals surface area contributed by atoms with Crippen molar-refractivity contribution in [2.75, 3.05) is 20.6 Å². The molecule has 1 heterocycles. The van der Waals surface area contributed by atoms with Crippen LogP contribution in [-0.2, 0) is 13.5 Å². The highest BCUT2D eigenvalue weighted by molar-refractivity contribution is 5.73. The lowest BCUT2D eigenvalue weighted by Crippen LogP contribution is -2.35. The third-order valence-electron chi connectivity index (χ3n) is 1.74. The van der Waals surface area contributed by atoms with Gasteiger partial charge >= 0.3 is 6.03 Å². The van der Waals surface area contributed by atoms with E-state index in [0.717, 1.165) is 5.82 Å². The van der Waals surface area contributed by atoms with Gasteiger partial charge in [-0.15, -0.1) is 5.10 Å². The number of aryl methyl sites for hydroxylation is 1. The van der Waals surface area contributed by atoms with Crippen molar-refractivity contribution in [3.05, 3.63) is 5.82 Å². The normalized spacial score (nSPS) is 9.93. The SMILES string of the molecule is CN(C)C(=O)NCCc1nnnn1C. The van der Waals surface area contributed by atoms with Gasteiger partial charge in [0.2, 0.25) is 0 Å². The highest BCUT2D eigenvalue weighted by Crippen LogP contribution is 1.88. The summed E-state index contributed by atoms with van der Waals surface area (Å²) in [4.78, 5) is 12.6. The first kappa shape index (κ1) is 10.4. The number of nitrogens with zero attached hydrogens (tertiary/aromatic N) is 5. The van der Waals surface area contributed by atoms with Gasteiger partial charge in [0.25, 0.3) is 0 Å². The van der Waals surface area contributed by atoms with E-state index in [1.54, 1.807) is 25.8 Å². The molecule has 0 aromatic carbocycles. The van der Waals surface area contributed by atoms with Gasteiger partial charge in [-0.3, -0.25) is 0 Å². The molecule has 0 bridgehead atoms. The van der Waals surface area contributed by atoms with E-state index in [-0.39, 0.29) is 6.03 Å². The van der Waals surface area contributed by atoms with Crippen molar-refractivity contribution in [3.63, 3.8) is 0 Å². The second-order valence-electron chi connectivity index (χ2n) is 3.10. The Morgan fingerprint density at radius 1 is 1.57 bits per heavy atom. The van der Waals surface area contributed by atoms with Crippen molar-refractivity contribution >= 4 is 6.03 Å². The Kier molecular flexibility index (Phi) is 3.38. The Labute approximate surface area is 82.1 Å². The molecule has 7 nitrogen and oxygen atoms in total. The summed E-state index contributed by atoms with van der Waals surface area (Å²) < 4.78 is 1.59. The van der Waals surface area contributed by atoms with Crippen molar-refractivity contribution in [1.29, 1.82) is 0 Å². The summed E-state index contributed by atoms with van der Waals surface area (Å²) in [6.07, 6.45) is 0.628. The number of urea groups is 1. The molecule has 1 aromatic rings. The van der Waals surface area contributed by atoms with E-state index >= 15 is 0 Å². The van der Waals surface area contributed by atoms with Crippen LogP contribution >= 0.6 is 0 Å². The lowest BCUT2D eigenvalue weighted by molar-refractivity contribution is 0.217. The Balaban J connectivity index is 2.29. The molecule has 78 valence electrons. The fourth-order valence-electron chi connectivity index (χ4n) is 0.899. The number of carbonyl (C=O) groups is 1. The van der Waals surface area contributed by atoms with Crippen LogP contribution in [0.3, 0.4) is 0 Å². The average molecular weight is 198 g/mol. The zero-order valence-corrected chi connectivity index (χ0v) is 8.56. The number of rotatable bonds is 3. The molecule has 0 unspecified atom stereocenters. The molecule has 0 spiro atoms. The summed E-state index contributed by atoms with van der Waals surface area (Å²) in [5.74, 6) is 0.754. The molecular formula is C7H14N6O. The van der Waals surface area contributed by atoms with Gasteiger partial charge in [0, 0.05) is 34.1 Å². The predicted molar refractivity (Wildman–Crippen MR) is 49.6 cm³/mol. The first-order valence-electron chi connectivity index (χ1n) is 4.27. The lowest BCUT2D eigenvalue weighted by atomic mass is 10.4. The van der Waals surface area contributed by atoms with Crippen molar-refractivity contribution in [2.24, 2.45) is 7.05 Å². The molecule has 1 N–H and O–H groups in total. The third-order valence-corrected chi connectivity index (χ3v) is 1.74. The minimum atomic E-state index is -0.111. The number of amides is 2. The van der Waals surface area contributed by atoms with Crippen molar-refractivity contribution in [2.45, 2.75) is 6.42 Å². The number of nitrogens with one attached hydrogen (secondary N) is 1. The summed E-state index contributed by atoms with van der Waals surface area (Å²) in [6, 6.07) is -0.111. The molecule has 0 aliphatic rings. The number of hydrogen-bond acceptors (Lipinski definition) is 4. The highest BCUT2D eigenvalue weighted by atomic mass is 16.2. The smallest absolute Gasteiger partial charge is 0.316 e. The number of tetrazole rings is 1. The largest absolute Gasteiger partial charge is 0.338 e. The van der Waals surface area contributed by atoms with Crippen molar-refractivity contribution < 1.29 is 4.79 Å². The average Bonchev–Trinajstić information content (AvgIpc) is 2.51. The maximum absolute atomic E-state index is 11.1. The van der Waals surface area contributed by atoms with E-state index in [2.05, 4.69) is 20.8 Å². The monoisotopic (exact) mass is 198 g/mol. The molecule has 7 heteroatoms. The molecule has 0 aliphatic carbocycles. The minimum absolute atomic E-state index is 0.111. The second kappa shape index (κ2) is 4.54. The zero-order chi connectivity index (χ0) is 10.6. The summed E-state index contributed by atoms with van der Waals surface area (Å²) in [6.45, 7) is 0.533. The third kappa shape index (κ3) is 2.68. The highest BCUT2D eigenvalue weighted by Gasteiger charge is 2.04. The van der Waals surface area contributed by atoms with Crippen molar-refractivity contribution in [1.82, 2.24) is 30.4 Å². The van der Waals surface area contributed by atoms with E-state index < -0.39 is 0 Å². The molecule has 14 heavy (non-hydrogen) atoms. The van der Waals surface area contributed by atoms with E-state index in [9.17, 15) is 4.79 Å². The zero-order valence-electron chi connectivity index (χ0n) is 8.56. The molecule has 0 atom stereocenters. The fraction of sp³-hybridized carbons (Fsp3) is 0.714. The van der Waals surface area contributed by atoms with Crippen molar-refractivity contribution in [3.8, 4) is 0 Å². The molecule has 0 aliphatic heterocycles. The Morgan fingerprint density at radius 2 is 2.29 bits per heavy atom. The number of hydrogen-bond donors (Lipinski definition) is 1. The lowest BCUT2D eigenvalue weighted by Gasteiger charge is -2.11. The van der Waals surface area contributed by atoms with Crippen LogP contribution in [0, 0.1) is 0 Å². The molecule has 0 radical (unpaired) electrons. The molecule has 1 aromatic heterocycles. The van der Waals surface area contributed by atoms with E-state index in [1.165, 1.54) is 4.90 Å². The van der Waals surface area contributed by atoms with Gasteiger partial charge in [-0.2, -0.15) is 0 Å². The summed E-state index contributed by atoms with van der Waals surface area (Å²) in [5.41, 5.74) is 0. The fourth-order valence-corrected chi connectivity index (χ4v) is 0.899. The minimum Gasteiger partial charge on any atom is -0.338 e.